The molecule has 1 N–H and O–H groups in total. The quantitative estimate of drug-likeness (QED) is 0.135. The van der Waals surface area contributed by atoms with E-state index in [4.69, 9.17) is 11.6 Å². The molecule has 6 atom stereocenters. The second-order valence-corrected chi connectivity index (χ2v) is 14.0. The molecule has 4 aromatic carbocycles. The van der Waals surface area contributed by atoms with Gasteiger partial charge in [0.05, 0.1) is 22.9 Å². The maximum Gasteiger partial charge on any atom is 0.238 e. The van der Waals surface area contributed by atoms with Crippen molar-refractivity contribution >= 4 is 52.0 Å². The molecule has 50 heavy (non-hydrogen) atoms. The number of aromatic hydroxyl groups is 1. The number of carbonyl (C=O) groups is 5. The number of benzene rings is 4. The van der Waals surface area contributed by atoms with Crippen molar-refractivity contribution in [2.45, 2.75) is 31.1 Å². The molecule has 2 fully saturated rings. The van der Waals surface area contributed by atoms with Gasteiger partial charge in [-0.15, -0.1) is 0 Å². The van der Waals surface area contributed by atoms with Gasteiger partial charge in [0.15, 0.2) is 17.3 Å². The third-order valence-electron chi connectivity index (χ3n) is 11.2. The summed E-state index contributed by atoms with van der Waals surface area (Å²) < 4.78 is 0. The molecule has 7 nitrogen and oxygen atoms in total. The third kappa shape index (κ3) is 4.60. The number of rotatable bonds is 5. The van der Waals surface area contributed by atoms with Gasteiger partial charge in [-0.3, -0.25) is 28.9 Å². The molecule has 3 aliphatic carbocycles. The third-order valence-corrected chi connectivity index (χ3v) is 11.5. The lowest BCUT2D eigenvalue weighted by molar-refractivity contribution is -0.135. The largest absolute Gasteiger partial charge is 0.508 e. The highest BCUT2D eigenvalue weighted by Crippen LogP contribution is 2.64. The molecule has 1 saturated heterocycles. The number of Topliss-reactive ketones (excluding diaryl/α,β-unsaturated/α-hetero) is 2. The van der Waals surface area contributed by atoms with Crippen molar-refractivity contribution in [2.24, 2.45) is 23.7 Å². The number of allylic oxidation sites excluding steroid dienone is 4. The Hall–Kier alpha value is -5.40. The maximum atomic E-state index is 15.1. The van der Waals surface area contributed by atoms with E-state index in [1.54, 1.807) is 42.5 Å². The predicted molar refractivity (Wildman–Crippen MR) is 189 cm³/mol. The number of fused-ring (bicyclic) bond motifs is 4. The van der Waals surface area contributed by atoms with Crippen molar-refractivity contribution in [1.82, 2.24) is 0 Å². The average Bonchev–Trinajstić information content (AvgIpc) is 3.38. The Bertz CT molecular complexity index is 2170. The van der Waals surface area contributed by atoms with Crippen LogP contribution in [0.2, 0.25) is 5.02 Å². The first-order valence-electron chi connectivity index (χ1n) is 16.7. The van der Waals surface area contributed by atoms with Gasteiger partial charge in [-0.1, -0.05) is 90.0 Å². The first kappa shape index (κ1) is 31.8. The van der Waals surface area contributed by atoms with E-state index in [0.29, 0.717) is 33.5 Å². The van der Waals surface area contributed by atoms with Gasteiger partial charge >= 0.3 is 0 Å². The molecule has 8 heteroatoms. The van der Waals surface area contributed by atoms with Gasteiger partial charge in [0, 0.05) is 28.0 Å². The van der Waals surface area contributed by atoms with E-state index in [0.717, 1.165) is 5.57 Å². The molecule has 1 heterocycles. The predicted octanol–water partition coefficient (Wildman–Crippen LogP) is 7.28. The lowest BCUT2D eigenvalue weighted by Crippen LogP contribution is -2.58. The Morgan fingerprint density at radius 3 is 2.18 bits per heavy atom. The van der Waals surface area contributed by atoms with Gasteiger partial charge in [0.25, 0.3) is 0 Å². The van der Waals surface area contributed by atoms with Crippen LogP contribution in [0.15, 0.2) is 121 Å². The summed E-state index contributed by atoms with van der Waals surface area (Å²) >= 11 is 6.93. The van der Waals surface area contributed by atoms with Crippen LogP contribution in [-0.2, 0) is 24.6 Å². The molecule has 0 radical (unpaired) electrons. The van der Waals surface area contributed by atoms with Crippen molar-refractivity contribution in [3.05, 3.63) is 148 Å². The zero-order chi connectivity index (χ0) is 34.9. The fraction of sp³-hybridized carbons (Fsp3) is 0.214. The molecule has 248 valence electrons. The zero-order valence-corrected chi connectivity index (χ0v) is 27.8. The van der Waals surface area contributed by atoms with Crippen LogP contribution < -0.4 is 4.90 Å². The van der Waals surface area contributed by atoms with E-state index in [-0.39, 0.29) is 52.8 Å². The smallest absolute Gasteiger partial charge is 0.238 e. The molecular formula is C42H32ClNO6. The first-order chi connectivity index (χ1) is 24.1. The second kappa shape index (κ2) is 11.9. The summed E-state index contributed by atoms with van der Waals surface area (Å²) in [4.78, 5) is 71.7. The lowest BCUT2D eigenvalue weighted by atomic mass is 9.44. The number of phenols is 1. The van der Waals surface area contributed by atoms with E-state index in [1.165, 1.54) is 30.0 Å². The molecule has 1 aliphatic heterocycles. The number of carbonyl (C=O) groups excluding carboxylic acids is 5. The lowest BCUT2D eigenvalue weighted by Gasteiger charge is -2.55. The molecule has 0 bridgehead atoms. The van der Waals surface area contributed by atoms with E-state index in [2.05, 4.69) is 0 Å². The molecule has 0 unspecified atom stereocenters. The van der Waals surface area contributed by atoms with Crippen LogP contribution in [0.5, 0.6) is 5.75 Å². The van der Waals surface area contributed by atoms with Crippen LogP contribution in [0.3, 0.4) is 0 Å². The topological polar surface area (TPSA) is 109 Å². The monoisotopic (exact) mass is 681 g/mol. The molecule has 1 saturated carbocycles. The van der Waals surface area contributed by atoms with Crippen LogP contribution in [-0.4, -0.2) is 34.3 Å². The molecule has 4 aliphatic rings. The standard InChI is InChI=1S/C42H32ClNO6/c1-23(45)24-12-14-27(15-13-24)44-40(49)31-19-18-29-33(37(31)41(44)50)21-34-39(48)32(25-8-4-2-5-9-25)22-36(47)42(34,26-10-6-3-7-11-26)38(29)30-17-16-28(46)20-35(30)43/h2-18,20,22,31,33-34,37-38,46H,19,21H2,1H3/t31-,33+,34-,37-,38+,42-/m0/s1. The molecule has 0 aromatic heterocycles. The van der Waals surface area contributed by atoms with E-state index in [9.17, 15) is 24.3 Å². The van der Waals surface area contributed by atoms with Crippen molar-refractivity contribution in [3.8, 4) is 5.75 Å². The van der Waals surface area contributed by atoms with Crippen LogP contribution in [0.4, 0.5) is 5.69 Å². The SMILES string of the molecule is CC(=O)c1ccc(N2C(=O)[C@H]3[C@H](CC=C4[C@H]3C[C@H]3C(=O)C(c5ccccc5)=CC(=O)[C@@]3(c3ccccc3)[C@H]4c3ccc(O)cc3Cl)C2=O)cc1. The second-order valence-electron chi connectivity index (χ2n) is 13.6. The summed E-state index contributed by atoms with van der Waals surface area (Å²) in [5, 5.41) is 10.6. The number of amides is 2. The summed E-state index contributed by atoms with van der Waals surface area (Å²) in [7, 11) is 0. The van der Waals surface area contributed by atoms with E-state index in [1.807, 2.05) is 54.6 Å². The van der Waals surface area contributed by atoms with E-state index >= 15 is 4.79 Å². The minimum absolute atomic E-state index is 0.0468. The van der Waals surface area contributed by atoms with Crippen molar-refractivity contribution < 1.29 is 29.1 Å². The Labute approximate surface area is 293 Å². The normalized spacial score (nSPS) is 27.2. The zero-order valence-electron chi connectivity index (χ0n) is 27.1. The number of nitrogens with zero attached hydrogens (tertiary/aromatic N) is 1. The Kier molecular flexibility index (Phi) is 7.57. The van der Waals surface area contributed by atoms with Crippen LogP contribution in [0.25, 0.3) is 5.57 Å². The van der Waals surface area contributed by atoms with Gasteiger partial charge in [-0.2, -0.15) is 0 Å². The average molecular weight is 682 g/mol. The van der Waals surface area contributed by atoms with E-state index < -0.39 is 35.0 Å². The Morgan fingerprint density at radius 2 is 1.52 bits per heavy atom. The van der Waals surface area contributed by atoms with Crippen LogP contribution in [0.1, 0.15) is 52.7 Å². The summed E-state index contributed by atoms with van der Waals surface area (Å²) in [5.74, 6) is -5.03. The van der Waals surface area contributed by atoms with Crippen molar-refractivity contribution in [1.29, 1.82) is 0 Å². The summed E-state index contributed by atoms with van der Waals surface area (Å²) in [6.45, 7) is 1.45. The molecule has 8 rings (SSSR count). The minimum Gasteiger partial charge on any atom is -0.508 e. The molecule has 4 aromatic rings. The molecule has 2 amide bonds. The summed E-state index contributed by atoms with van der Waals surface area (Å²) in [5.41, 5.74) is 2.36. The van der Waals surface area contributed by atoms with Gasteiger partial charge in [0.2, 0.25) is 11.8 Å². The van der Waals surface area contributed by atoms with Gasteiger partial charge in [-0.05, 0) is 84.8 Å². The summed E-state index contributed by atoms with van der Waals surface area (Å²) in [6.07, 6.45) is 3.87. The molecular weight excluding hydrogens is 650 g/mol. The molecule has 0 spiro atoms. The van der Waals surface area contributed by atoms with Gasteiger partial charge in [0.1, 0.15) is 5.75 Å². The van der Waals surface area contributed by atoms with Crippen molar-refractivity contribution in [3.63, 3.8) is 0 Å². The minimum atomic E-state index is -1.42. The fourth-order valence-electron chi connectivity index (χ4n) is 9.07. The Morgan fingerprint density at radius 1 is 0.840 bits per heavy atom. The number of hydrogen-bond donors (Lipinski definition) is 1. The number of phenolic OH excluding ortho intramolecular Hbond substituents is 1. The summed E-state index contributed by atoms with van der Waals surface area (Å²) in [6, 6.07) is 29.4. The Balaban J connectivity index is 1.34. The van der Waals surface area contributed by atoms with Gasteiger partial charge in [-0.25, -0.2) is 0 Å². The van der Waals surface area contributed by atoms with Crippen LogP contribution >= 0.6 is 11.6 Å². The first-order valence-corrected chi connectivity index (χ1v) is 17.1. The number of anilines is 1. The highest BCUT2D eigenvalue weighted by molar-refractivity contribution is 6.33. The number of halogens is 1. The van der Waals surface area contributed by atoms with Crippen LogP contribution in [0, 0.1) is 23.7 Å². The van der Waals surface area contributed by atoms with Crippen molar-refractivity contribution in [2.75, 3.05) is 4.90 Å². The number of ketones is 3. The number of hydrogen-bond acceptors (Lipinski definition) is 6. The highest BCUT2D eigenvalue weighted by atomic mass is 35.5. The van der Waals surface area contributed by atoms with Gasteiger partial charge < -0.3 is 5.11 Å². The maximum absolute atomic E-state index is 15.1. The number of imide groups is 1. The highest BCUT2D eigenvalue weighted by Gasteiger charge is 2.66. The fourth-order valence-corrected chi connectivity index (χ4v) is 9.35.